The molecule has 0 aliphatic carbocycles. The van der Waals surface area contributed by atoms with Crippen LogP contribution in [0.15, 0.2) is 54.6 Å². The number of rotatable bonds is 5. The van der Waals surface area contributed by atoms with Crippen LogP contribution in [0.5, 0.6) is 0 Å². The van der Waals surface area contributed by atoms with Crippen molar-refractivity contribution in [3.8, 4) is 16.9 Å². The zero-order chi connectivity index (χ0) is 22.1. The standard InChI is InChI=1S/C23H19FN4O2S/c1-13-19(14(2)28(27-13)18-11-9-17(24)10-12-18)22(30)26-23-25-20(21(31-23)15(3)29)16-7-5-4-6-8-16/h4-12H,1-3H3,(H,25,26,30). The van der Waals surface area contributed by atoms with E-state index in [9.17, 15) is 14.0 Å². The number of nitrogens with one attached hydrogen (secondary N) is 1. The third-order valence-corrected chi connectivity index (χ3v) is 5.88. The number of anilines is 1. The van der Waals surface area contributed by atoms with Gasteiger partial charge >= 0.3 is 0 Å². The van der Waals surface area contributed by atoms with Crippen LogP contribution in [0.2, 0.25) is 0 Å². The van der Waals surface area contributed by atoms with Crippen LogP contribution in [0.3, 0.4) is 0 Å². The Balaban J connectivity index is 1.66. The summed E-state index contributed by atoms with van der Waals surface area (Å²) in [6, 6.07) is 15.2. The van der Waals surface area contributed by atoms with Gasteiger partial charge in [0.15, 0.2) is 10.9 Å². The Kier molecular flexibility index (Phi) is 5.48. The van der Waals surface area contributed by atoms with E-state index in [-0.39, 0.29) is 17.5 Å². The molecule has 0 unspecified atom stereocenters. The number of carbonyl (C=O) groups is 2. The summed E-state index contributed by atoms with van der Waals surface area (Å²) in [6.07, 6.45) is 0. The van der Waals surface area contributed by atoms with Crippen molar-refractivity contribution in [1.82, 2.24) is 14.8 Å². The van der Waals surface area contributed by atoms with Crippen LogP contribution in [0.25, 0.3) is 16.9 Å². The molecule has 0 saturated heterocycles. The molecule has 0 atom stereocenters. The molecule has 2 aromatic carbocycles. The number of thiazole rings is 1. The summed E-state index contributed by atoms with van der Waals surface area (Å²) in [5.41, 5.74) is 3.56. The highest BCUT2D eigenvalue weighted by atomic mass is 32.1. The molecular formula is C23H19FN4O2S. The number of hydrogen-bond donors (Lipinski definition) is 1. The molecule has 2 aromatic heterocycles. The number of Topliss-reactive ketones (excluding diaryl/α,β-unsaturated/α-hetero) is 1. The van der Waals surface area contributed by atoms with Crippen molar-refractivity contribution in [3.05, 3.63) is 82.2 Å². The van der Waals surface area contributed by atoms with Gasteiger partial charge in [-0.25, -0.2) is 14.1 Å². The van der Waals surface area contributed by atoms with Crippen LogP contribution in [0.1, 0.15) is 38.3 Å². The van der Waals surface area contributed by atoms with Crippen molar-refractivity contribution in [1.29, 1.82) is 0 Å². The fourth-order valence-electron chi connectivity index (χ4n) is 3.37. The second-order valence-corrected chi connectivity index (χ2v) is 8.01. The lowest BCUT2D eigenvalue weighted by atomic mass is 10.1. The summed E-state index contributed by atoms with van der Waals surface area (Å²) >= 11 is 1.14. The molecule has 0 radical (unpaired) electrons. The third-order valence-electron chi connectivity index (χ3n) is 4.80. The number of halogens is 1. The molecule has 2 heterocycles. The van der Waals surface area contributed by atoms with E-state index in [0.29, 0.717) is 38.3 Å². The van der Waals surface area contributed by atoms with E-state index in [4.69, 9.17) is 0 Å². The predicted octanol–water partition coefficient (Wildman–Crippen LogP) is 5.21. The maximum absolute atomic E-state index is 13.2. The molecule has 1 amide bonds. The number of aryl methyl sites for hydroxylation is 1. The highest BCUT2D eigenvalue weighted by molar-refractivity contribution is 7.18. The minimum Gasteiger partial charge on any atom is -0.298 e. The lowest BCUT2D eigenvalue weighted by Crippen LogP contribution is -2.14. The van der Waals surface area contributed by atoms with Crippen molar-refractivity contribution in [2.24, 2.45) is 0 Å². The molecule has 0 aliphatic heterocycles. The van der Waals surface area contributed by atoms with E-state index in [2.05, 4.69) is 15.4 Å². The molecule has 4 aromatic rings. The Morgan fingerprint density at radius 2 is 1.71 bits per heavy atom. The van der Waals surface area contributed by atoms with Crippen molar-refractivity contribution in [3.63, 3.8) is 0 Å². The Hall–Kier alpha value is -3.65. The molecular weight excluding hydrogens is 415 g/mol. The number of aromatic nitrogens is 3. The Morgan fingerprint density at radius 1 is 1.03 bits per heavy atom. The van der Waals surface area contributed by atoms with Crippen LogP contribution < -0.4 is 5.32 Å². The number of nitrogens with zero attached hydrogens (tertiary/aromatic N) is 3. The van der Waals surface area contributed by atoms with Gasteiger partial charge < -0.3 is 0 Å². The first kappa shape index (κ1) is 20.6. The monoisotopic (exact) mass is 434 g/mol. The maximum Gasteiger partial charge on any atom is 0.261 e. The van der Waals surface area contributed by atoms with Crippen molar-refractivity contribution >= 4 is 28.2 Å². The van der Waals surface area contributed by atoms with Gasteiger partial charge in [0.1, 0.15) is 5.82 Å². The number of hydrogen-bond acceptors (Lipinski definition) is 5. The average Bonchev–Trinajstić information content (AvgIpc) is 3.30. The van der Waals surface area contributed by atoms with E-state index in [1.807, 2.05) is 30.3 Å². The summed E-state index contributed by atoms with van der Waals surface area (Å²) in [7, 11) is 0. The van der Waals surface area contributed by atoms with Gasteiger partial charge in [-0.3, -0.25) is 14.9 Å². The molecule has 0 saturated carbocycles. The summed E-state index contributed by atoms with van der Waals surface area (Å²) in [6.45, 7) is 4.99. The zero-order valence-electron chi connectivity index (χ0n) is 17.1. The van der Waals surface area contributed by atoms with E-state index in [1.54, 1.807) is 30.7 Å². The van der Waals surface area contributed by atoms with Gasteiger partial charge in [-0.1, -0.05) is 41.7 Å². The van der Waals surface area contributed by atoms with E-state index in [1.165, 1.54) is 19.1 Å². The molecule has 156 valence electrons. The van der Waals surface area contributed by atoms with Gasteiger partial charge in [0.25, 0.3) is 5.91 Å². The predicted molar refractivity (Wildman–Crippen MR) is 119 cm³/mol. The molecule has 0 fully saturated rings. The van der Waals surface area contributed by atoms with E-state index < -0.39 is 0 Å². The van der Waals surface area contributed by atoms with Crippen molar-refractivity contribution in [2.45, 2.75) is 20.8 Å². The molecule has 4 rings (SSSR count). The number of amides is 1. The topological polar surface area (TPSA) is 76.9 Å². The lowest BCUT2D eigenvalue weighted by Gasteiger charge is -2.05. The van der Waals surface area contributed by atoms with Crippen LogP contribution >= 0.6 is 11.3 Å². The molecule has 1 N–H and O–H groups in total. The SMILES string of the molecule is CC(=O)c1sc(NC(=O)c2c(C)nn(-c3ccc(F)cc3)c2C)nc1-c1ccccc1. The van der Waals surface area contributed by atoms with Crippen LogP contribution in [-0.4, -0.2) is 26.5 Å². The minimum atomic E-state index is -0.369. The molecule has 6 nitrogen and oxygen atoms in total. The second-order valence-electron chi connectivity index (χ2n) is 7.01. The summed E-state index contributed by atoms with van der Waals surface area (Å²) in [4.78, 5) is 30.1. The van der Waals surface area contributed by atoms with E-state index >= 15 is 0 Å². The van der Waals surface area contributed by atoms with Crippen LogP contribution in [0.4, 0.5) is 9.52 Å². The first-order chi connectivity index (χ1) is 14.8. The lowest BCUT2D eigenvalue weighted by molar-refractivity contribution is 0.101. The number of carbonyl (C=O) groups excluding carboxylic acids is 2. The highest BCUT2D eigenvalue weighted by Crippen LogP contribution is 2.32. The Labute approximate surface area is 182 Å². The van der Waals surface area contributed by atoms with Gasteiger partial charge in [0.2, 0.25) is 0 Å². The normalized spacial score (nSPS) is 10.8. The van der Waals surface area contributed by atoms with Gasteiger partial charge in [0, 0.05) is 12.5 Å². The van der Waals surface area contributed by atoms with Crippen LogP contribution in [-0.2, 0) is 0 Å². The molecule has 0 spiro atoms. The molecule has 31 heavy (non-hydrogen) atoms. The summed E-state index contributed by atoms with van der Waals surface area (Å²) < 4.78 is 14.8. The second kappa shape index (κ2) is 8.23. The Bertz CT molecular complexity index is 1280. The minimum absolute atomic E-state index is 0.117. The largest absolute Gasteiger partial charge is 0.298 e. The number of benzene rings is 2. The maximum atomic E-state index is 13.2. The molecule has 0 bridgehead atoms. The number of ketones is 1. The first-order valence-electron chi connectivity index (χ1n) is 9.56. The first-order valence-corrected chi connectivity index (χ1v) is 10.4. The average molecular weight is 434 g/mol. The van der Waals surface area contributed by atoms with Crippen LogP contribution in [0, 0.1) is 19.7 Å². The quantitative estimate of drug-likeness (QED) is 0.438. The Morgan fingerprint density at radius 3 is 2.35 bits per heavy atom. The summed E-state index contributed by atoms with van der Waals surface area (Å²) in [5.74, 6) is -0.831. The third kappa shape index (κ3) is 4.02. The van der Waals surface area contributed by atoms with Crippen molar-refractivity contribution in [2.75, 3.05) is 5.32 Å². The summed E-state index contributed by atoms with van der Waals surface area (Å²) in [5, 5.41) is 7.57. The van der Waals surface area contributed by atoms with Crippen molar-refractivity contribution < 1.29 is 14.0 Å². The molecule has 0 aliphatic rings. The highest BCUT2D eigenvalue weighted by Gasteiger charge is 2.23. The van der Waals surface area contributed by atoms with Gasteiger partial charge in [-0.2, -0.15) is 5.10 Å². The van der Waals surface area contributed by atoms with E-state index in [0.717, 1.165) is 16.9 Å². The fourth-order valence-corrected chi connectivity index (χ4v) is 4.25. The molecule has 8 heteroatoms. The van der Waals surface area contributed by atoms with Gasteiger partial charge in [-0.15, -0.1) is 0 Å². The zero-order valence-corrected chi connectivity index (χ0v) is 18.0. The smallest absolute Gasteiger partial charge is 0.261 e. The van der Waals surface area contributed by atoms with Gasteiger partial charge in [0.05, 0.1) is 33.2 Å². The van der Waals surface area contributed by atoms with Gasteiger partial charge in [-0.05, 0) is 38.1 Å². The fraction of sp³-hybridized carbons (Fsp3) is 0.130.